The van der Waals surface area contributed by atoms with Gasteiger partial charge in [0.15, 0.2) is 0 Å². The molecule has 2 aromatic carbocycles. The van der Waals surface area contributed by atoms with Crippen LogP contribution in [0.5, 0.6) is 23.0 Å². The van der Waals surface area contributed by atoms with Crippen molar-refractivity contribution in [3.05, 3.63) is 36.4 Å². The number of phenolic OH excluding ortho intramolecular Hbond substituents is 2. The Bertz CT molecular complexity index is 560. The van der Waals surface area contributed by atoms with Crippen LogP contribution in [0.25, 0.3) is 0 Å². The molecule has 0 aromatic heterocycles. The van der Waals surface area contributed by atoms with Gasteiger partial charge in [0, 0.05) is 12.1 Å². The molecule has 0 saturated carbocycles. The molecule has 2 N–H and O–H groups in total. The molecule has 2 rings (SSSR count). The molecule has 21 heavy (non-hydrogen) atoms. The fraction of sp³-hybridized carbons (Fsp3) is 0.250. The van der Waals surface area contributed by atoms with Crippen LogP contribution < -0.4 is 9.47 Å². The molecule has 0 radical (unpaired) electrons. The smallest absolute Gasteiger partial charge is 0.136 e. The highest BCUT2D eigenvalue weighted by Crippen LogP contribution is 2.41. The molecule has 0 fully saturated rings. The second-order valence-electron chi connectivity index (χ2n) is 4.23. The van der Waals surface area contributed by atoms with Gasteiger partial charge in [0.1, 0.15) is 23.0 Å². The quantitative estimate of drug-likeness (QED) is 0.843. The van der Waals surface area contributed by atoms with Crippen LogP contribution in [0.3, 0.4) is 0 Å². The first-order valence-corrected chi connectivity index (χ1v) is 7.55. The molecule has 0 aliphatic heterocycles. The summed E-state index contributed by atoms with van der Waals surface area (Å²) in [5.74, 6) is 1.58. The van der Waals surface area contributed by atoms with Crippen molar-refractivity contribution in [3.8, 4) is 23.0 Å². The summed E-state index contributed by atoms with van der Waals surface area (Å²) in [5, 5.41) is 19.1. The van der Waals surface area contributed by atoms with Gasteiger partial charge in [0.25, 0.3) is 0 Å². The van der Waals surface area contributed by atoms with Gasteiger partial charge >= 0.3 is 0 Å². The predicted molar refractivity (Wildman–Crippen MR) is 82.7 cm³/mol. The van der Waals surface area contributed by atoms with Crippen LogP contribution in [0.4, 0.5) is 0 Å². The maximum absolute atomic E-state index is 9.56. The molecule has 0 bridgehead atoms. The highest BCUT2D eigenvalue weighted by Gasteiger charge is 2.11. The van der Waals surface area contributed by atoms with Crippen molar-refractivity contribution in [2.24, 2.45) is 0 Å². The maximum Gasteiger partial charge on any atom is 0.136 e. The fourth-order valence-corrected chi connectivity index (χ4v) is 2.76. The maximum atomic E-state index is 9.56. The Hall–Kier alpha value is -2.01. The zero-order valence-corrected chi connectivity index (χ0v) is 12.8. The summed E-state index contributed by atoms with van der Waals surface area (Å²) < 4.78 is 11.1. The van der Waals surface area contributed by atoms with Gasteiger partial charge in [-0.15, -0.1) is 0 Å². The molecule has 0 aliphatic carbocycles. The monoisotopic (exact) mass is 306 g/mol. The summed E-state index contributed by atoms with van der Waals surface area (Å²) in [6.07, 6.45) is 0. The molecule has 0 unspecified atom stereocenters. The van der Waals surface area contributed by atoms with Crippen molar-refractivity contribution in [2.75, 3.05) is 13.2 Å². The number of hydrogen-bond donors (Lipinski definition) is 2. The van der Waals surface area contributed by atoms with E-state index < -0.39 is 0 Å². The third kappa shape index (κ3) is 3.98. The van der Waals surface area contributed by atoms with Crippen LogP contribution in [-0.2, 0) is 0 Å². The second kappa shape index (κ2) is 7.13. The molecule has 0 heterocycles. The van der Waals surface area contributed by atoms with Crippen LogP contribution in [-0.4, -0.2) is 23.4 Å². The van der Waals surface area contributed by atoms with Crippen molar-refractivity contribution >= 4 is 11.8 Å². The second-order valence-corrected chi connectivity index (χ2v) is 5.31. The molecule has 5 heteroatoms. The van der Waals surface area contributed by atoms with Gasteiger partial charge in [-0.2, -0.15) is 0 Å². The lowest BCUT2D eigenvalue weighted by Gasteiger charge is -2.13. The van der Waals surface area contributed by atoms with Gasteiger partial charge in [0.2, 0.25) is 0 Å². The van der Waals surface area contributed by atoms with Gasteiger partial charge in [0.05, 0.1) is 23.0 Å². The molecule has 0 saturated heterocycles. The van der Waals surface area contributed by atoms with E-state index in [1.54, 1.807) is 36.4 Å². The van der Waals surface area contributed by atoms with E-state index in [-0.39, 0.29) is 11.5 Å². The van der Waals surface area contributed by atoms with E-state index in [1.165, 1.54) is 11.8 Å². The van der Waals surface area contributed by atoms with Crippen molar-refractivity contribution in [2.45, 2.75) is 23.6 Å². The van der Waals surface area contributed by atoms with E-state index in [0.29, 0.717) is 24.7 Å². The average Bonchev–Trinajstić information content (AvgIpc) is 2.45. The molecule has 2 aromatic rings. The van der Waals surface area contributed by atoms with Crippen molar-refractivity contribution < 1.29 is 19.7 Å². The normalized spacial score (nSPS) is 10.4. The van der Waals surface area contributed by atoms with Crippen molar-refractivity contribution in [1.82, 2.24) is 0 Å². The molecule has 0 aliphatic rings. The molecular formula is C16H18O4S. The highest BCUT2D eigenvalue weighted by atomic mass is 32.2. The van der Waals surface area contributed by atoms with Crippen LogP contribution in [0.15, 0.2) is 46.2 Å². The van der Waals surface area contributed by atoms with Gasteiger partial charge in [-0.05, 0) is 38.1 Å². The number of aromatic hydroxyl groups is 2. The average molecular weight is 306 g/mol. The number of ether oxygens (including phenoxy) is 2. The molecule has 112 valence electrons. The summed E-state index contributed by atoms with van der Waals surface area (Å²) in [6, 6.07) is 10.0. The van der Waals surface area contributed by atoms with Gasteiger partial charge in [-0.3, -0.25) is 0 Å². The number of phenols is 2. The molecular weight excluding hydrogens is 288 g/mol. The number of hydrogen-bond acceptors (Lipinski definition) is 5. The third-order valence-electron chi connectivity index (χ3n) is 2.67. The molecule has 0 atom stereocenters. The van der Waals surface area contributed by atoms with E-state index in [9.17, 15) is 10.2 Å². The van der Waals surface area contributed by atoms with E-state index in [0.717, 1.165) is 9.79 Å². The lowest BCUT2D eigenvalue weighted by Crippen LogP contribution is -1.95. The Balaban J connectivity index is 2.33. The number of rotatable bonds is 6. The van der Waals surface area contributed by atoms with Crippen LogP contribution >= 0.6 is 11.8 Å². The summed E-state index contributed by atoms with van der Waals surface area (Å²) >= 11 is 1.47. The lowest BCUT2D eigenvalue weighted by molar-refractivity contribution is 0.328. The first kappa shape index (κ1) is 15.4. The Labute approximate surface area is 128 Å². The van der Waals surface area contributed by atoms with E-state index in [2.05, 4.69) is 0 Å². The SMILES string of the molecule is CCOc1cc(O)ccc1Sc1ccc(O)cc1OCC. The van der Waals surface area contributed by atoms with Crippen LogP contribution in [0, 0.1) is 0 Å². The van der Waals surface area contributed by atoms with E-state index in [1.807, 2.05) is 13.8 Å². The Morgan fingerprint density at radius 3 is 1.62 bits per heavy atom. The standard InChI is InChI=1S/C16H18O4S/c1-3-19-13-9-11(17)5-7-15(13)21-16-8-6-12(18)10-14(16)20-4-2/h5-10,17-18H,3-4H2,1-2H3. The van der Waals surface area contributed by atoms with E-state index >= 15 is 0 Å². The minimum atomic E-state index is 0.165. The zero-order chi connectivity index (χ0) is 15.2. The Morgan fingerprint density at radius 1 is 0.810 bits per heavy atom. The Kier molecular flexibility index (Phi) is 5.22. The van der Waals surface area contributed by atoms with Gasteiger partial charge < -0.3 is 19.7 Å². The van der Waals surface area contributed by atoms with Crippen LogP contribution in [0.1, 0.15) is 13.8 Å². The molecule has 0 amide bonds. The summed E-state index contributed by atoms with van der Waals surface area (Å²) in [7, 11) is 0. The van der Waals surface area contributed by atoms with Crippen LogP contribution in [0.2, 0.25) is 0 Å². The van der Waals surface area contributed by atoms with Gasteiger partial charge in [-0.25, -0.2) is 0 Å². The van der Waals surface area contributed by atoms with Crippen molar-refractivity contribution in [3.63, 3.8) is 0 Å². The number of benzene rings is 2. The zero-order valence-electron chi connectivity index (χ0n) is 12.0. The fourth-order valence-electron chi connectivity index (χ4n) is 1.82. The van der Waals surface area contributed by atoms with E-state index in [4.69, 9.17) is 9.47 Å². The van der Waals surface area contributed by atoms with Crippen molar-refractivity contribution in [1.29, 1.82) is 0 Å². The summed E-state index contributed by atoms with van der Waals surface area (Å²) in [5.41, 5.74) is 0. The first-order valence-electron chi connectivity index (χ1n) is 6.73. The predicted octanol–water partition coefficient (Wildman–Crippen LogP) is 4.05. The molecule has 0 spiro atoms. The molecule has 4 nitrogen and oxygen atoms in total. The lowest BCUT2D eigenvalue weighted by atomic mass is 10.3. The highest BCUT2D eigenvalue weighted by molar-refractivity contribution is 7.99. The topological polar surface area (TPSA) is 58.9 Å². The summed E-state index contributed by atoms with van der Waals surface area (Å²) in [6.45, 7) is 4.82. The third-order valence-corrected chi connectivity index (χ3v) is 3.79. The van der Waals surface area contributed by atoms with Gasteiger partial charge in [-0.1, -0.05) is 11.8 Å². The first-order chi connectivity index (χ1) is 10.1. The minimum Gasteiger partial charge on any atom is -0.508 e. The summed E-state index contributed by atoms with van der Waals surface area (Å²) in [4.78, 5) is 1.75. The Morgan fingerprint density at radius 2 is 1.24 bits per heavy atom. The largest absolute Gasteiger partial charge is 0.508 e. The minimum absolute atomic E-state index is 0.165.